The first-order valence-electron chi connectivity index (χ1n) is 20.8. The van der Waals surface area contributed by atoms with Crippen molar-refractivity contribution in [3.8, 4) is 11.5 Å². The van der Waals surface area contributed by atoms with E-state index in [1.165, 1.54) is 29.9 Å². The molecule has 3 N–H and O–H groups in total. The quantitative estimate of drug-likeness (QED) is 0.127. The Balaban J connectivity index is 0.766. The van der Waals surface area contributed by atoms with Crippen LogP contribution in [0, 0.1) is 11.8 Å². The van der Waals surface area contributed by atoms with Gasteiger partial charge in [-0.05, 0) is 87.6 Å². The van der Waals surface area contributed by atoms with Gasteiger partial charge in [0.1, 0.15) is 18.1 Å². The molecule has 9 rings (SSSR count). The topological polar surface area (TPSA) is 177 Å². The Bertz CT molecular complexity index is 2470. The second-order valence-corrected chi connectivity index (χ2v) is 16.9. The lowest BCUT2D eigenvalue weighted by Crippen LogP contribution is -2.58. The van der Waals surface area contributed by atoms with Crippen LogP contribution < -0.4 is 21.6 Å². The zero-order valence-corrected chi connectivity index (χ0v) is 33.7. The summed E-state index contributed by atoms with van der Waals surface area (Å²) in [6, 6.07) is 8.90. The Labute approximate surface area is 344 Å². The number of alkyl halides is 2. The van der Waals surface area contributed by atoms with E-state index in [0.717, 1.165) is 62.9 Å². The number of hydrogen-bond acceptors (Lipinski definition) is 11. The van der Waals surface area contributed by atoms with Crippen LogP contribution in [0.5, 0.6) is 0 Å². The number of oxazole rings is 1. The number of imide groups is 1. The van der Waals surface area contributed by atoms with Gasteiger partial charge >= 0.3 is 5.69 Å². The molecule has 0 bridgehead atoms. The molecule has 0 radical (unpaired) electrons. The number of carbonyl (C=O) groups excluding carboxylic acids is 3. The summed E-state index contributed by atoms with van der Waals surface area (Å²) >= 11 is 0. The van der Waals surface area contributed by atoms with E-state index in [1.807, 2.05) is 18.2 Å². The van der Waals surface area contributed by atoms with E-state index < -0.39 is 30.0 Å². The van der Waals surface area contributed by atoms with Gasteiger partial charge in [0, 0.05) is 70.2 Å². The molecule has 18 heteroatoms. The lowest BCUT2D eigenvalue weighted by molar-refractivity contribution is -0.135. The number of amides is 3. The van der Waals surface area contributed by atoms with Crippen LogP contribution in [0.2, 0.25) is 0 Å². The van der Waals surface area contributed by atoms with Gasteiger partial charge in [0.2, 0.25) is 17.7 Å². The summed E-state index contributed by atoms with van der Waals surface area (Å²) in [5, 5.41) is 12.5. The summed E-state index contributed by atoms with van der Waals surface area (Å²) in [7, 11) is 3.87. The van der Waals surface area contributed by atoms with E-state index in [1.54, 1.807) is 34.6 Å². The molecule has 2 aliphatic heterocycles. The van der Waals surface area contributed by atoms with Gasteiger partial charge in [-0.1, -0.05) is 12.1 Å². The van der Waals surface area contributed by atoms with Crippen LogP contribution in [0.25, 0.3) is 22.5 Å². The van der Waals surface area contributed by atoms with Gasteiger partial charge in [0.25, 0.3) is 12.3 Å². The molecule has 4 aromatic heterocycles. The van der Waals surface area contributed by atoms with Gasteiger partial charge in [-0.3, -0.25) is 38.4 Å². The van der Waals surface area contributed by atoms with Gasteiger partial charge in [-0.25, -0.2) is 23.5 Å². The summed E-state index contributed by atoms with van der Waals surface area (Å²) in [5.41, 5.74) is 2.30. The fourth-order valence-electron chi connectivity index (χ4n) is 8.99. The Kier molecular flexibility index (Phi) is 10.8. The third kappa shape index (κ3) is 8.09. The maximum absolute atomic E-state index is 14.2. The van der Waals surface area contributed by atoms with E-state index >= 15 is 0 Å². The summed E-state index contributed by atoms with van der Waals surface area (Å²) < 4.78 is 38.7. The molecule has 16 nitrogen and oxygen atoms in total. The van der Waals surface area contributed by atoms with Crippen molar-refractivity contribution in [3.05, 3.63) is 76.4 Å². The predicted octanol–water partition coefficient (Wildman–Crippen LogP) is 5.12. The van der Waals surface area contributed by atoms with Crippen molar-refractivity contribution in [2.45, 2.75) is 82.5 Å². The van der Waals surface area contributed by atoms with Crippen LogP contribution >= 0.6 is 0 Å². The Hall–Kier alpha value is -5.75. The fraction of sp³-hybridized carbons (Fsp3) is 0.500. The molecule has 2 saturated heterocycles. The van der Waals surface area contributed by atoms with Crippen molar-refractivity contribution in [1.82, 2.24) is 44.0 Å². The Morgan fingerprint density at radius 2 is 1.83 bits per heavy atom. The van der Waals surface area contributed by atoms with Crippen LogP contribution in [-0.2, 0) is 23.2 Å². The van der Waals surface area contributed by atoms with Gasteiger partial charge in [-0.15, -0.1) is 0 Å². The van der Waals surface area contributed by atoms with Crippen molar-refractivity contribution in [1.29, 1.82) is 0 Å². The molecule has 1 unspecified atom stereocenters. The second kappa shape index (κ2) is 16.4. The minimum absolute atomic E-state index is 0.0347. The number of aryl methyl sites for hydroxylation is 1. The molecule has 4 fully saturated rings. The number of aromatic nitrogens is 6. The number of rotatable bonds is 14. The van der Waals surface area contributed by atoms with Crippen molar-refractivity contribution < 1.29 is 27.6 Å². The highest BCUT2D eigenvalue weighted by Crippen LogP contribution is 2.36. The van der Waals surface area contributed by atoms with E-state index in [0.29, 0.717) is 47.7 Å². The SMILES string of the molecule is CN(C[C@H]1CC[C@H](n2cc(NC(=O)c3coc(-c4ccnc(NCC5CC5)c4)n3)c(C(F)F)n2)CC1)C1CN(Cc2cccc3c2n(C)c(=O)n3C2CCC(=O)NC2=O)C1. The predicted molar refractivity (Wildman–Crippen MR) is 217 cm³/mol. The summed E-state index contributed by atoms with van der Waals surface area (Å²) in [6.07, 6.45) is 7.79. The molecule has 1 aromatic carbocycles. The number of carbonyl (C=O) groups is 3. The maximum Gasteiger partial charge on any atom is 0.329 e. The van der Waals surface area contributed by atoms with Crippen molar-refractivity contribution in [2.24, 2.45) is 18.9 Å². The average Bonchev–Trinajstić information content (AvgIpc) is 3.62. The third-order valence-electron chi connectivity index (χ3n) is 12.6. The first kappa shape index (κ1) is 39.7. The van der Waals surface area contributed by atoms with Crippen molar-refractivity contribution in [3.63, 3.8) is 0 Å². The number of nitrogens with one attached hydrogen (secondary N) is 3. The summed E-state index contributed by atoms with van der Waals surface area (Å²) in [6.45, 7) is 4.18. The number of anilines is 2. The zero-order valence-electron chi connectivity index (χ0n) is 33.7. The van der Waals surface area contributed by atoms with E-state index in [9.17, 15) is 28.0 Å². The number of likely N-dealkylation sites (tertiary alicyclic amines) is 1. The summed E-state index contributed by atoms with van der Waals surface area (Å²) in [5.74, 6) is 0.597. The highest BCUT2D eigenvalue weighted by molar-refractivity contribution is 6.03. The Morgan fingerprint density at radius 1 is 1.05 bits per heavy atom. The largest absolute Gasteiger partial charge is 0.444 e. The standard InChI is InChI=1S/C42H49F2N11O5/c1-51(29-20-53(21-29)19-27-4-3-5-32-37(27)52(2)42(59)55(32)33-12-13-35(56)49-40(33)58)18-25-8-10-28(11-9-25)54-22-30(36(50-54)38(43)44)47-39(57)31-23-60-41(48-31)26-14-15-45-34(16-26)46-17-24-6-7-24/h3-5,14-16,22-25,28-29,33,38H,6-13,17-21H2,1-2H3,(H,45,46)(H,47,57)(H,49,56,58)/t25-,28-,33?. The first-order chi connectivity index (χ1) is 29.0. The highest BCUT2D eigenvalue weighted by atomic mass is 19.3. The molecule has 4 aliphatic rings. The fourth-order valence-corrected chi connectivity index (χ4v) is 8.99. The molecule has 1 atom stereocenters. The molecule has 2 aliphatic carbocycles. The van der Waals surface area contributed by atoms with Crippen LogP contribution in [0.3, 0.4) is 0 Å². The smallest absolute Gasteiger partial charge is 0.329 e. The second-order valence-electron chi connectivity index (χ2n) is 16.9. The third-order valence-corrected chi connectivity index (χ3v) is 12.6. The van der Waals surface area contributed by atoms with E-state index in [4.69, 9.17) is 4.42 Å². The number of benzene rings is 1. The van der Waals surface area contributed by atoms with Gasteiger partial charge in [0.15, 0.2) is 11.4 Å². The van der Waals surface area contributed by atoms with Gasteiger partial charge in [-0.2, -0.15) is 5.10 Å². The molecular formula is C42H49F2N11O5. The van der Waals surface area contributed by atoms with Crippen LogP contribution in [0.1, 0.15) is 91.6 Å². The number of nitrogens with zero attached hydrogens (tertiary/aromatic N) is 8. The number of fused-ring (bicyclic) bond motifs is 1. The molecule has 3 amide bonds. The molecule has 6 heterocycles. The van der Waals surface area contributed by atoms with Crippen LogP contribution in [0.4, 0.5) is 20.3 Å². The van der Waals surface area contributed by atoms with Gasteiger partial charge in [0.05, 0.1) is 22.8 Å². The van der Waals surface area contributed by atoms with E-state index in [2.05, 4.69) is 47.9 Å². The molecule has 316 valence electrons. The lowest BCUT2D eigenvalue weighted by atomic mass is 9.85. The minimum atomic E-state index is -2.88. The molecule has 2 saturated carbocycles. The number of pyridine rings is 1. The van der Waals surface area contributed by atoms with Gasteiger partial charge < -0.3 is 20.0 Å². The number of hydrogen-bond donors (Lipinski definition) is 3. The zero-order chi connectivity index (χ0) is 41.7. The van der Waals surface area contributed by atoms with Crippen molar-refractivity contribution in [2.75, 3.05) is 43.9 Å². The molecule has 5 aromatic rings. The number of piperidine rings is 1. The number of imidazole rings is 1. The molecular weight excluding hydrogens is 777 g/mol. The van der Waals surface area contributed by atoms with E-state index in [-0.39, 0.29) is 41.3 Å². The van der Waals surface area contributed by atoms with Crippen LogP contribution in [-0.4, -0.2) is 95.7 Å². The van der Waals surface area contributed by atoms with Crippen molar-refractivity contribution >= 4 is 40.3 Å². The maximum atomic E-state index is 14.2. The molecule has 0 spiro atoms. The highest BCUT2D eigenvalue weighted by Gasteiger charge is 2.35. The monoisotopic (exact) mass is 825 g/mol. The lowest BCUT2D eigenvalue weighted by Gasteiger charge is -2.45. The Morgan fingerprint density at radius 3 is 2.58 bits per heavy atom. The molecule has 60 heavy (non-hydrogen) atoms. The summed E-state index contributed by atoms with van der Waals surface area (Å²) in [4.78, 5) is 64.4. The minimum Gasteiger partial charge on any atom is -0.444 e. The average molecular weight is 826 g/mol. The number of halogens is 2. The normalized spacial score (nSPS) is 21.5. The number of para-hydroxylation sites is 1. The van der Waals surface area contributed by atoms with Crippen LogP contribution in [0.15, 0.2) is 58.2 Å². The first-order valence-corrected chi connectivity index (χ1v) is 20.8. The number of likely N-dealkylation sites (N-methyl/N-ethyl adjacent to an activating group) is 1.